The molecule has 0 radical (unpaired) electrons. The van der Waals surface area contributed by atoms with Crippen molar-refractivity contribution in [3.8, 4) is 0 Å². The third kappa shape index (κ3) is 5.96. The van der Waals surface area contributed by atoms with E-state index in [0.29, 0.717) is 23.0 Å². The summed E-state index contributed by atoms with van der Waals surface area (Å²) in [5.41, 5.74) is 0. The molecule has 0 amide bonds. The summed E-state index contributed by atoms with van der Waals surface area (Å²) in [5, 5.41) is 0.492. The van der Waals surface area contributed by atoms with Crippen molar-refractivity contribution in [2.24, 2.45) is 11.8 Å². The minimum Gasteiger partial charge on any atom is -0.176 e. The fourth-order valence-electron chi connectivity index (χ4n) is 1.21. The molecule has 0 aromatic carbocycles. The summed E-state index contributed by atoms with van der Waals surface area (Å²) < 4.78 is 0. The summed E-state index contributed by atoms with van der Waals surface area (Å²) in [6.45, 7) is 6.62. The average molecular weight is 207 g/mol. The number of hydrogen-bond acceptors (Lipinski definition) is 1. The lowest BCUT2D eigenvalue weighted by Crippen LogP contribution is -2.09. The van der Waals surface area contributed by atoms with Gasteiger partial charge in [-0.2, -0.15) is 12.6 Å². The zero-order chi connectivity index (χ0) is 9.56. The summed E-state index contributed by atoms with van der Waals surface area (Å²) in [6, 6.07) is 0. The molecule has 2 heteroatoms. The third-order valence-corrected chi connectivity index (χ3v) is 2.53. The van der Waals surface area contributed by atoms with Gasteiger partial charge in [-0.3, -0.25) is 0 Å². The van der Waals surface area contributed by atoms with E-state index in [-0.39, 0.29) is 0 Å². The van der Waals surface area contributed by atoms with E-state index < -0.39 is 0 Å². The Balaban J connectivity index is 3.75. The Labute approximate surface area is 86.8 Å². The Bertz CT molecular complexity index is 132. The highest BCUT2D eigenvalue weighted by Crippen LogP contribution is 2.20. The first-order valence-corrected chi connectivity index (χ1v) is 5.53. The molecule has 1 unspecified atom stereocenters. The summed E-state index contributed by atoms with van der Waals surface area (Å²) in [6.07, 6.45) is 5.37. The molecular formula is C10H19ClS. The van der Waals surface area contributed by atoms with Crippen molar-refractivity contribution in [3.63, 3.8) is 0 Å². The molecule has 0 fully saturated rings. The van der Waals surface area contributed by atoms with Crippen LogP contribution in [0, 0.1) is 11.8 Å². The zero-order valence-corrected chi connectivity index (χ0v) is 9.78. The quantitative estimate of drug-likeness (QED) is 0.395. The van der Waals surface area contributed by atoms with Gasteiger partial charge in [-0.1, -0.05) is 32.9 Å². The Kier molecular flexibility index (Phi) is 7.07. The second-order valence-corrected chi connectivity index (χ2v) is 4.69. The molecule has 0 aliphatic carbocycles. The molecular weight excluding hydrogens is 188 g/mol. The minimum atomic E-state index is 0.492. The number of allylic oxidation sites excluding steroid dienone is 2. The van der Waals surface area contributed by atoms with E-state index in [1.54, 1.807) is 0 Å². The second kappa shape index (κ2) is 6.85. The Morgan fingerprint density at radius 1 is 1.33 bits per heavy atom. The van der Waals surface area contributed by atoms with Gasteiger partial charge in [-0.25, -0.2) is 0 Å². The van der Waals surface area contributed by atoms with Crippen LogP contribution in [0.3, 0.4) is 0 Å². The SMILES string of the molecule is CC(S)C[C@@H](C)[C@H](C)/C=C\CCl. The van der Waals surface area contributed by atoms with Crippen LogP contribution in [0.2, 0.25) is 0 Å². The highest BCUT2D eigenvalue weighted by Gasteiger charge is 2.10. The maximum Gasteiger partial charge on any atom is 0.0404 e. The molecule has 0 aromatic heterocycles. The molecule has 0 aliphatic rings. The molecule has 0 saturated carbocycles. The predicted molar refractivity (Wildman–Crippen MR) is 61.3 cm³/mol. The first kappa shape index (κ1) is 12.4. The van der Waals surface area contributed by atoms with E-state index in [0.717, 1.165) is 6.42 Å². The lowest BCUT2D eigenvalue weighted by molar-refractivity contribution is 0.429. The molecule has 0 spiro atoms. The second-order valence-electron chi connectivity index (χ2n) is 3.50. The highest BCUT2D eigenvalue weighted by molar-refractivity contribution is 7.80. The summed E-state index contributed by atoms with van der Waals surface area (Å²) in [7, 11) is 0. The van der Waals surface area contributed by atoms with Crippen molar-refractivity contribution in [2.75, 3.05) is 5.88 Å². The molecule has 0 heterocycles. The molecule has 0 aromatic rings. The molecule has 0 rings (SSSR count). The number of halogens is 1. The molecule has 72 valence electrons. The van der Waals surface area contributed by atoms with Crippen molar-refractivity contribution in [2.45, 2.75) is 32.4 Å². The van der Waals surface area contributed by atoms with E-state index >= 15 is 0 Å². The number of hydrogen-bond donors (Lipinski definition) is 1. The summed E-state index contributed by atoms with van der Waals surface area (Å²) in [5.74, 6) is 1.92. The molecule has 12 heavy (non-hydrogen) atoms. The van der Waals surface area contributed by atoms with Crippen molar-refractivity contribution >= 4 is 24.2 Å². The van der Waals surface area contributed by atoms with Crippen LogP contribution in [0.4, 0.5) is 0 Å². The van der Waals surface area contributed by atoms with E-state index in [4.69, 9.17) is 11.6 Å². The maximum absolute atomic E-state index is 5.55. The lowest BCUT2D eigenvalue weighted by atomic mass is 9.91. The maximum atomic E-state index is 5.55. The van der Waals surface area contributed by atoms with E-state index in [1.807, 2.05) is 6.08 Å². The van der Waals surface area contributed by atoms with Gasteiger partial charge >= 0.3 is 0 Å². The number of thiol groups is 1. The highest BCUT2D eigenvalue weighted by atomic mass is 35.5. The van der Waals surface area contributed by atoms with Crippen molar-refractivity contribution < 1.29 is 0 Å². The lowest BCUT2D eigenvalue weighted by Gasteiger charge is -2.17. The zero-order valence-electron chi connectivity index (χ0n) is 8.13. The van der Waals surface area contributed by atoms with Crippen LogP contribution in [-0.2, 0) is 0 Å². The molecule has 0 aliphatic heterocycles. The van der Waals surface area contributed by atoms with Gasteiger partial charge in [0.15, 0.2) is 0 Å². The van der Waals surface area contributed by atoms with E-state index in [2.05, 4.69) is 39.5 Å². The smallest absolute Gasteiger partial charge is 0.0404 e. The van der Waals surface area contributed by atoms with Crippen molar-refractivity contribution in [1.82, 2.24) is 0 Å². The normalized spacial score (nSPS) is 19.4. The van der Waals surface area contributed by atoms with Gasteiger partial charge in [0.2, 0.25) is 0 Å². The van der Waals surface area contributed by atoms with Gasteiger partial charge in [-0.05, 0) is 23.5 Å². The molecule has 3 atom stereocenters. The van der Waals surface area contributed by atoms with Gasteiger partial charge in [0.1, 0.15) is 0 Å². The first-order valence-electron chi connectivity index (χ1n) is 4.48. The van der Waals surface area contributed by atoms with Gasteiger partial charge in [0, 0.05) is 5.88 Å². The van der Waals surface area contributed by atoms with Crippen molar-refractivity contribution in [1.29, 1.82) is 0 Å². The molecule has 0 nitrogen and oxygen atoms in total. The van der Waals surface area contributed by atoms with Gasteiger partial charge in [-0.15, -0.1) is 11.6 Å². The fraction of sp³-hybridized carbons (Fsp3) is 0.800. The third-order valence-electron chi connectivity index (χ3n) is 2.14. The topological polar surface area (TPSA) is 0 Å². The number of rotatable bonds is 5. The van der Waals surface area contributed by atoms with Crippen molar-refractivity contribution in [3.05, 3.63) is 12.2 Å². The van der Waals surface area contributed by atoms with Gasteiger partial charge < -0.3 is 0 Å². The van der Waals surface area contributed by atoms with Gasteiger partial charge in [0.25, 0.3) is 0 Å². The average Bonchev–Trinajstić information content (AvgIpc) is 1.98. The van der Waals surface area contributed by atoms with Crippen LogP contribution in [0.15, 0.2) is 12.2 Å². The predicted octanol–water partition coefficient (Wildman–Crippen LogP) is 3.76. The Hall–Kier alpha value is 0.380. The van der Waals surface area contributed by atoms with Crippen LogP contribution in [0.5, 0.6) is 0 Å². The van der Waals surface area contributed by atoms with Gasteiger partial charge in [0.05, 0.1) is 0 Å². The first-order chi connectivity index (χ1) is 5.57. The van der Waals surface area contributed by atoms with Crippen LogP contribution >= 0.6 is 24.2 Å². The van der Waals surface area contributed by atoms with Crippen LogP contribution in [-0.4, -0.2) is 11.1 Å². The van der Waals surface area contributed by atoms with Crippen LogP contribution in [0.1, 0.15) is 27.2 Å². The monoisotopic (exact) mass is 206 g/mol. The Morgan fingerprint density at radius 2 is 1.92 bits per heavy atom. The van der Waals surface area contributed by atoms with Crippen LogP contribution in [0.25, 0.3) is 0 Å². The summed E-state index contributed by atoms with van der Waals surface area (Å²) in [4.78, 5) is 0. The summed E-state index contributed by atoms with van der Waals surface area (Å²) >= 11 is 9.93. The van der Waals surface area contributed by atoms with Crippen LogP contribution < -0.4 is 0 Å². The molecule has 0 N–H and O–H groups in total. The fourth-order valence-corrected chi connectivity index (χ4v) is 1.64. The minimum absolute atomic E-state index is 0.492. The van der Waals surface area contributed by atoms with E-state index in [9.17, 15) is 0 Å². The standard InChI is InChI=1S/C10H19ClS/c1-8(5-4-6-11)9(2)7-10(3)12/h4-5,8-10,12H,6-7H2,1-3H3/b5-4-/t8-,9-,10?/m1/s1. The Morgan fingerprint density at radius 3 is 2.33 bits per heavy atom. The largest absolute Gasteiger partial charge is 0.176 e. The molecule has 0 saturated heterocycles. The number of alkyl halides is 1. The molecule has 0 bridgehead atoms. The van der Waals surface area contributed by atoms with E-state index in [1.165, 1.54) is 0 Å².